The fraction of sp³-hybridized carbons (Fsp3) is 0.467. The summed E-state index contributed by atoms with van der Waals surface area (Å²) in [5.74, 6) is -0.896. The Morgan fingerprint density at radius 1 is 1.04 bits per heavy atom. The fourth-order valence-electron chi connectivity index (χ4n) is 2.05. The number of nitro groups is 2. The summed E-state index contributed by atoms with van der Waals surface area (Å²) in [6, 6.07) is 2.78. The molecule has 25 heavy (non-hydrogen) atoms. The van der Waals surface area contributed by atoms with Crippen LogP contribution in [0, 0.1) is 20.2 Å². The highest BCUT2D eigenvalue weighted by Crippen LogP contribution is 2.22. The molecule has 0 bridgehead atoms. The van der Waals surface area contributed by atoms with Crippen LogP contribution >= 0.6 is 0 Å². The van der Waals surface area contributed by atoms with E-state index >= 15 is 0 Å². The molecule has 0 aliphatic carbocycles. The first-order valence-electron chi connectivity index (χ1n) is 7.72. The Morgan fingerprint density at radius 3 is 2.16 bits per heavy atom. The predicted octanol–water partition coefficient (Wildman–Crippen LogP) is 2.36. The number of nitro benzene ring substituents is 2. The van der Waals surface area contributed by atoms with Crippen molar-refractivity contribution < 1.29 is 24.2 Å². The maximum Gasteiger partial charge on any atom is 0.305 e. The average molecular weight is 353 g/mol. The molecular formula is C15H19N3O7. The van der Waals surface area contributed by atoms with Crippen molar-refractivity contribution in [3.63, 3.8) is 0 Å². The third-order valence-corrected chi connectivity index (χ3v) is 3.23. The highest BCUT2D eigenvalue weighted by molar-refractivity contribution is 5.95. The molecule has 0 heterocycles. The van der Waals surface area contributed by atoms with Crippen LogP contribution in [-0.2, 0) is 9.53 Å². The summed E-state index contributed by atoms with van der Waals surface area (Å²) < 4.78 is 4.79. The molecule has 1 aromatic rings. The summed E-state index contributed by atoms with van der Waals surface area (Å²) in [5, 5.41) is 24.1. The van der Waals surface area contributed by atoms with Crippen molar-refractivity contribution in [3.8, 4) is 0 Å². The molecule has 1 N–H and O–H groups in total. The van der Waals surface area contributed by atoms with Crippen molar-refractivity contribution in [2.24, 2.45) is 0 Å². The van der Waals surface area contributed by atoms with Gasteiger partial charge in [-0.2, -0.15) is 0 Å². The second-order valence-electron chi connectivity index (χ2n) is 5.12. The number of benzene rings is 1. The van der Waals surface area contributed by atoms with Crippen molar-refractivity contribution >= 4 is 23.3 Å². The Hall–Kier alpha value is -3.04. The van der Waals surface area contributed by atoms with E-state index < -0.39 is 27.1 Å². The maximum atomic E-state index is 12.0. The van der Waals surface area contributed by atoms with Crippen LogP contribution in [0.3, 0.4) is 0 Å². The van der Waals surface area contributed by atoms with Gasteiger partial charge in [-0.1, -0.05) is 6.42 Å². The van der Waals surface area contributed by atoms with Gasteiger partial charge in [-0.05, 0) is 19.8 Å². The minimum atomic E-state index is -0.792. The van der Waals surface area contributed by atoms with Crippen LogP contribution in [0.1, 0.15) is 43.0 Å². The van der Waals surface area contributed by atoms with Gasteiger partial charge in [0.2, 0.25) is 0 Å². The minimum absolute atomic E-state index is 0.146. The second-order valence-corrected chi connectivity index (χ2v) is 5.12. The standard InChI is InChI=1S/C15H19N3O7/c1-2-25-14(19)6-4-3-5-7-16-15(20)11-8-12(17(21)22)10-13(9-11)18(23)24/h8-10H,2-7H2,1H3,(H,16,20). The molecule has 0 aromatic heterocycles. The number of non-ortho nitro benzene ring substituents is 2. The zero-order valence-electron chi connectivity index (χ0n) is 13.7. The fourth-order valence-corrected chi connectivity index (χ4v) is 2.05. The van der Waals surface area contributed by atoms with Crippen LogP contribution in [0.15, 0.2) is 18.2 Å². The molecule has 1 rings (SSSR count). The number of ether oxygens (including phenoxy) is 1. The summed E-state index contributed by atoms with van der Waals surface area (Å²) in [6.07, 6.45) is 2.21. The molecule has 0 fully saturated rings. The zero-order chi connectivity index (χ0) is 18.8. The number of nitrogens with zero attached hydrogens (tertiary/aromatic N) is 2. The molecule has 10 nitrogen and oxygen atoms in total. The van der Waals surface area contributed by atoms with Crippen molar-refractivity contribution in [1.82, 2.24) is 5.32 Å². The van der Waals surface area contributed by atoms with Crippen molar-refractivity contribution in [2.45, 2.75) is 32.6 Å². The predicted molar refractivity (Wildman–Crippen MR) is 87.2 cm³/mol. The topological polar surface area (TPSA) is 142 Å². The van der Waals surface area contributed by atoms with E-state index in [1.165, 1.54) is 0 Å². The van der Waals surface area contributed by atoms with E-state index in [4.69, 9.17) is 4.74 Å². The number of hydrogen-bond acceptors (Lipinski definition) is 7. The second kappa shape index (κ2) is 9.96. The molecule has 136 valence electrons. The molecule has 0 saturated carbocycles. The lowest BCUT2D eigenvalue weighted by atomic mass is 10.1. The monoisotopic (exact) mass is 353 g/mol. The van der Waals surface area contributed by atoms with Crippen LogP contribution in [0.4, 0.5) is 11.4 Å². The van der Waals surface area contributed by atoms with Crippen LogP contribution in [-0.4, -0.2) is 34.9 Å². The first kappa shape index (κ1) is 20.0. The Kier molecular flexibility index (Phi) is 7.97. The molecule has 0 radical (unpaired) electrons. The average Bonchev–Trinajstić information content (AvgIpc) is 2.57. The van der Waals surface area contributed by atoms with Crippen molar-refractivity contribution in [3.05, 3.63) is 44.0 Å². The van der Waals surface area contributed by atoms with Crippen molar-refractivity contribution in [2.75, 3.05) is 13.2 Å². The summed E-state index contributed by atoms with van der Waals surface area (Å²) in [7, 11) is 0. The number of unbranched alkanes of at least 4 members (excludes halogenated alkanes) is 2. The SMILES string of the molecule is CCOC(=O)CCCCCNC(=O)c1cc([N+](=O)[O-])cc([N+](=O)[O-])c1. The van der Waals surface area contributed by atoms with Gasteiger partial charge in [0.1, 0.15) is 0 Å². The highest BCUT2D eigenvalue weighted by atomic mass is 16.6. The van der Waals surface area contributed by atoms with E-state index in [0.29, 0.717) is 32.3 Å². The molecule has 1 aromatic carbocycles. The molecular weight excluding hydrogens is 334 g/mol. The van der Waals surface area contributed by atoms with Crippen LogP contribution in [0.25, 0.3) is 0 Å². The smallest absolute Gasteiger partial charge is 0.305 e. The molecule has 0 saturated heterocycles. The first-order chi connectivity index (χ1) is 11.8. The lowest BCUT2D eigenvalue weighted by Gasteiger charge is -2.06. The number of carbonyl (C=O) groups excluding carboxylic acids is 2. The number of rotatable bonds is 10. The van der Waals surface area contributed by atoms with Gasteiger partial charge >= 0.3 is 5.97 Å². The normalized spacial score (nSPS) is 10.1. The highest BCUT2D eigenvalue weighted by Gasteiger charge is 2.19. The van der Waals surface area contributed by atoms with Gasteiger partial charge < -0.3 is 10.1 Å². The Bertz CT molecular complexity index is 628. The van der Waals surface area contributed by atoms with Gasteiger partial charge in [0.05, 0.1) is 28.1 Å². The van der Waals surface area contributed by atoms with Gasteiger partial charge in [0, 0.05) is 25.1 Å². The van der Waals surface area contributed by atoms with E-state index in [9.17, 15) is 29.8 Å². The summed E-state index contributed by atoms with van der Waals surface area (Å²) in [4.78, 5) is 43.1. The third kappa shape index (κ3) is 6.94. The largest absolute Gasteiger partial charge is 0.466 e. The van der Waals surface area contributed by atoms with E-state index in [2.05, 4.69) is 5.32 Å². The maximum absolute atomic E-state index is 12.0. The van der Waals surface area contributed by atoms with Gasteiger partial charge in [0.15, 0.2) is 0 Å². The van der Waals surface area contributed by atoms with Crippen LogP contribution in [0.2, 0.25) is 0 Å². The molecule has 0 unspecified atom stereocenters. The van der Waals surface area contributed by atoms with E-state index in [0.717, 1.165) is 18.2 Å². The number of nitrogens with one attached hydrogen (secondary N) is 1. The summed E-state index contributed by atoms with van der Waals surface area (Å²) in [6.45, 7) is 2.36. The molecule has 10 heteroatoms. The number of amides is 1. The Labute approximate surface area is 143 Å². The van der Waals surface area contributed by atoms with Crippen LogP contribution < -0.4 is 5.32 Å². The minimum Gasteiger partial charge on any atom is -0.466 e. The van der Waals surface area contributed by atoms with Gasteiger partial charge in [-0.15, -0.1) is 0 Å². The molecule has 0 spiro atoms. The van der Waals surface area contributed by atoms with Crippen molar-refractivity contribution in [1.29, 1.82) is 0 Å². The zero-order valence-corrected chi connectivity index (χ0v) is 13.7. The van der Waals surface area contributed by atoms with Crippen LogP contribution in [0.5, 0.6) is 0 Å². The number of hydrogen-bond donors (Lipinski definition) is 1. The Morgan fingerprint density at radius 2 is 1.64 bits per heavy atom. The van der Waals surface area contributed by atoms with E-state index in [-0.39, 0.29) is 18.1 Å². The van der Waals surface area contributed by atoms with E-state index in [1.54, 1.807) is 6.92 Å². The quantitative estimate of drug-likeness (QED) is 0.294. The molecule has 1 amide bonds. The summed E-state index contributed by atoms with van der Waals surface area (Å²) >= 11 is 0. The summed E-state index contributed by atoms with van der Waals surface area (Å²) in [5.41, 5.74) is -1.19. The van der Waals surface area contributed by atoms with Gasteiger partial charge in [-0.25, -0.2) is 0 Å². The number of carbonyl (C=O) groups is 2. The van der Waals surface area contributed by atoms with Gasteiger partial charge in [0.25, 0.3) is 17.3 Å². The lowest BCUT2D eigenvalue weighted by molar-refractivity contribution is -0.394. The molecule has 0 aliphatic rings. The third-order valence-electron chi connectivity index (χ3n) is 3.23. The molecule has 0 atom stereocenters. The molecule has 0 aliphatic heterocycles. The number of esters is 1. The van der Waals surface area contributed by atoms with E-state index in [1.807, 2.05) is 0 Å². The Balaban J connectivity index is 2.50. The lowest BCUT2D eigenvalue weighted by Crippen LogP contribution is -2.24. The van der Waals surface area contributed by atoms with Gasteiger partial charge in [-0.3, -0.25) is 29.8 Å². The first-order valence-corrected chi connectivity index (χ1v) is 7.72.